The molecule has 0 spiro atoms. The van der Waals surface area contributed by atoms with E-state index in [1.807, 2.05) is 12.1 Å². The predicted molar refractivity (Wildman–Crippen MR) is 82.0 cm³/mol. The molecule has 1 saturated carbocycles. The van der Waals surface area contributed by atoms with Crippen molar-refractivity contribution in [3.8, 4) is 5.75 Å². The average molecular weight is 277 g/mol. The van der Waals surface area contributed by atoms with E-state index >= 15 is 0 Å². The second-order valence-corrected chi connectivity index (χ2v) is 7.13. The van der Waals surface area contributed by atoms with Gasteiger partial charge in [-0.25, -0.2) is 0 Å². The monoisotopic (exact) mass is 277 g/mol. The van der Waals surface area contributed by atoms with Crippen LogP contribution < -0.4 is 10.5 Å². The van der Waals surface area contributed by atoms with Crippen LogP contribution in [-0.4, -0.2) is 23.4 Å². The minimum Gasteiger partial charge on any atom is -0.490 e. The number of rotatable bonds is 3. The zero-order chi connectivity index (χ0) is 14.8. The number of benzene rings is 1. The molecule has 0 heterocycles. The molecule has 3 heteroatoms. The molecule has 0 amide bonds. The maximum Gasteiger partial charge on any atom is 0.119 e. The quantitative estimate of drug-likeness (QED) is 0.893. The Morgan fingerprint density at radius 2 is 1.95 bits per heavy atom. The summed E-state index contributed by atoms with van der Waals surface area (Å²) >= 11 is 0. The maximum atomic E-state index is 9.38. The summed E-state index contributed by atoms with van der Waals surface area (Å²) in [5.41, 5.74) is 7.15. The molecule has 2 rings (SSSR count). The number of ether oxygens (including phenoxy) is 1. The van der Waals surface area contributed by atoms with Crippen LogP contribution in [0.15, 0.2) is 24.3 Å². The highest BCUT2D eigenvalue weighted by molar-refractivity contribution is 5.31. The van der Waals surface area contributed by atoms with Crippen molar-refractivity contribution in [3.63, 3.8) is 0 Å². The summed E-state index contributed by atoms with van der Waals surface area (Å²) in [7, 11) is 0. The van der Waals surface area contributed by atoms with Crippen molar-refractivity contribution in [2.24, 2.45) is 5.73 Å². The van der Waals surface area contributed by atoms with Crippen LogP contribution in [0, 0.1) is 0 Å². The van der Waals surface area contributed by atoms with Crippen LogP contribution in [0.3, 0.4) is 0 Å². The number of aliphatic hydroxyl groups is 1. The second kappa shape index (κ2) is 5.74. The van der Waals surface area contributed by atoms with Crippen LogP contribution in [-0.2, 0) is 5.41 Å². The molecule has 2 atom stereocenters. The molecule has 0 saturated heterocycles. The summed E-state index contributed by atoms with van der Waals surface area (Å²) in [6.07, 6.45) is 3.75. The zero-order valence-electron chi connectivity index (χ0n) is 12.9. The van der Waals surface area contributed by atoms with Gasteiger partial charge < -0.3 is 15.6 Å². The average Bonchev–Trinajstić information content (AvgIpc) is 2.38. The van der Waals surface area contributed by atoms with Gasteiger partial charge in [-0.05, 0) is 42.4 Å². The molecule has 1 aromatic rings. The maximum absolute atomic E-state index is 9.38. The summed E-state index contributed by atoms with van der Waals surface area (Å²) < 4.78 is 6.03. The van der Waals surface area contributed by atoms with Gasteiger partial charge in [0.15, 0.2) is 0 Å². The van der Waals surface area contributed by atoms with Gasteiger partial charge in [0.1, 0.15) is 11.9 Å². The van der Waals surface area contributed by atoms with Crippen molar-refractivity contribution in [1.29, 1.82) is 0 Å². The summed E-state index contributed by atoms with van der Waals surface area (Å²) in [6, 6.07) is 8.32. The van der Waals surface area contributed by atoms with Crippen molar-refractivity contribution in [1.82, 2.24) is 0 Å². The first kappa shape index (κ1) is 15.3. The van der Waals surface area contributed by atoms with E-state index in [2.05, 4.69) is 32.9 Å². The van der Waals surface area contributed by atoms with Crippen molar-refractivity contribution >= 4 is 0 Å². The Hall–Kier alpha value is -1.06. The van der Waals surface area contributed by atoms with Gasteiger partial charge in [-0.1, -0.05) is 32.9 Å². The lowest BCUT2D eigenvalue weighted by molar-refractivity contribution is 0.0729. The molecule has 1 aromatic carbocycles. The van der Waals surface area contributed by atoms with Gasteiger partial charge in [0.05, 0.1) is 6.61 Å². The lowest BCUT2D eigenvalue weighted by Gasteiger charge is -2.36. The molecule has 20 heavy (non-hydrogen) atoms. The van der Waals surface area contributed by atoms with Crippen molar-refractivity contribution in [2.75, 3.05) is 6.61 Å². The van der Waals surface area contributed by atoms with Crippen LogP contribution >= 0.6 is 0 Å². The molecule has 112 valence electrons. The topological polar surface area (TPSA) is 55.5 Å². The molecule has 0 radical (unpaired) electrons. The van der Waals surface area contributed by atoms with E-state index in [9.17, 15) is 5.11 Å². The van der Waals surface area contributed by atoms with Gasteiger partial charge in [-0.3, -0.25) is 0 Å². The summed E-state index contributed by atoms with van der Waals surface area (Å²) in [5, 5.41) is 9.38. The highest BCUT2D eigenvalue weighted by Gasteiger charge is 2.33. The third-order valence-electron chi connectivity index (χ3n) is 4.17. The molecular formula is C17H27NO2. The highest BCUT2D eigenvalue weighted by atomic mass is 16.5. The van der Waals surface area contributed by atoms with Crippen LogP contribution in [0.5, 0.6) is 5.75 Å². The molecule has 1 aliphatic carbocycles. The van der Waals surface area contributed by atoms with Gasteiger partial charge in [0.2, 0.25) is 0 Å². The smallest absolute Gasteiger partial charge is 0.119 e. The van der Waals surface area contributed by atoms with Crippen molar-refractivity contribution in [2.45, 2.75) is 63.5 Å². The van der Waals surface area contributed by atoms with Gasteiger partial charge >= 0.3 is 0 Å². The van der Waals surface area contributed by atoms with Crippen LogP contribution in [0.2, 0.25) is 0 Å². The molecule has 1 aliphatic rings. The van der Waals surface area contributed by atoms with Gasteiger partial charge in [0.25, 0.3) is 0 Å². The normalized spacial score (nSPS) is 27.4. The molecule has 1 fully saturated rings. The van der Waals surface area contributed by atoms with E-state index in [1.54, 1.807) is 0 Å². The highest BCUT2D eigenvalue weighted by Crippen LogP contribution is 2.30. The Bertz CT molecular complexity index is 435. The predicted octanol–water partition coefficient (Wildman–Crippen LogP) is 3.00. The first-order chi connectivity index (χ1) is 9.32. The molecule has 3 N–H and O–H groups in total. The third kappa shape index (κ3) is 3.74. The first-order valence-electron chi connectivity index (χ1n) is 7.49. The number of aliphatic hydroxyl groups excluding tert-OH is 1. The standard InChI is InChI=1S/C17H27NO2/c1-16(2,3)13-6-8-14(9-7-13)20-15-5-4-10-17(18,11-15)12-19/h6-9,15,19H,4-5,10-12,18H2,1-3H3. The third-order valence-corrected chi connectivity index (χ3v) is 4.17. The van der Waals surface area contributed by atoms with Crippen LogP contribution in [0.25, 0.3) is 0 Å². The summed E-state index contributed by atoms with van der Waals surface area (Å²) in [6.45, 7) is 6.64. The van der Waals surface area contributed by atoms with E-state index in [0.717, 1.165) is 31.4 Å². The molecule has 0 aliphatic heterocycles. The molecule has 3 nitrogen and oxygen atoms in total. The zero-order valence-corrected chi connectivity index (χ0v) is 12.9. The number of hydrogen-bond donors (Lipinski definition) is 2. The number of nitrogens with two attached hydrogens (primary N) is 1. The van der Waals surface area contributed by atoms with Gasteiger partial charge in [0, 0.05) is 12.0 Å². The Morgan fingerprint density at radius 1 is 1.30 bits per heavy atom. The van der Waals surface area contributed by atoms with E-state index < -0.39 is 5.54 Å². The van der Waals surface area contributed by atoms with E-state index in [-0.39, 0.29) is 18.1 Å². The molecule has 0 bridgehead atoms. The van der Waals surface area contributed by atoms with E-state index in [1.165, 1.54) is 5.56 Å². The van der Waals surface area contributed by atoms with Crippen LogP contribution in [0.4, 0.5) is 0 Å². The van der Waals surface area contributed by atoms with E-state index in [4.69, 9.17) is 10.5 Å². The summed E-state index contributed by atoms with van der Waals surface area (Å²) in [5.74, 6) is 0.894. The lowest BCUT2D eigenvalue weighted by Crippen LogP contribution is -2.50. The fraction of sp³-hybridized carbons (Fsp3) is 0.647. The molecular weight excluding hydrogens is 250 g/mol. The Balaban J connectivity index is 2.00. The minimum absolute atomic E-state index is 0.0375. The second-order valence-electron chi connectivity index (χ2n) is 7.13. The first-order valence-corrected chi connectivity index (χ1v) is 7.49. The fourth-order valence-electron chi connectivity index (χ4n) is 2.81. The van der Waals surface area contributed by atoms with Gasteiger partial charge in [-0.2, -0.15) is 0 Å². The molecule has 0 aromatic heterocycles. The number of hydrogen-bond acceptors (Lipinski definition) is 3. The largest absolute Gasteiger partial charge is 0.490 e. The van der Waals surface area contributed by atoms with Crippen molar-refractivity contribution < 1.29 is 9.84 Å². The fourth-order valence-corrected chi connectivity index (χ4v) is 2.81. The summed E-state index contributed by atoms with van der Waals surface area (Å²) in [4.78, 5) is 0. The van der Waals surface area contributed by atoms with Gasteiger partial charge in [-0.15, -0.1) is 0 Å². The van der Waals surface area contributed by atoms with Crippen molar-refractivity contribution in [3.05, 3.63) is 29.8 Å². The van der Waals surface area contributed by atoms with Crippen LogP contribution in [0.1, 0.15) is 52.0 Å². The minimum atomic E-state index is -0.464. The Morgan fingerprint density at radius 3 is 2.50 bits per heavy atom. The molecule has 2 unspecified atom stereocenters. The van der Waals surface area contributed by atoms with E-state index in [0.29, 0.717) is 0 Å². The Kier molecular flexibility index (Phi) is 4.40. The Labute approximate surface area is 122 Å². The SMILES string of the molecule is CC(C)(C)c1ccc(OC2CCCC(N)(CO)C2)cc1. The lowest BCUT2D eigenvalue weighted by atomic mass is 9.81.